The first kappa shape index (κ1) is 25.4. The van der Waals surface area contributed by atoms with E-state index in [1.165, 1.54) is 31.6 Å². The molecule has 0 fully saturated rings. The monoisotopic (exact) mass is 474 g/mol. The van der Waals surface area contributed by atoms with Crippen LogP contribution in [0.5, 0.6) is 5.75 Å². The number of aliphatic carboxylic acids is 1. The number of methoxy groups -OCH3 is 1. The second kappa shape index (κ2) is 12.8. The molecule has 4 N–H and O–H groups in total. The zero-order chi connectivity index (χ0) is 24.2. The highest BCUT2D eigenvalue weighted by Crippen LogP contribution is 2.34. The lowest BCUT2D eigenvalue weighted by Crippen LogP contribution is -2.21. The molecule has 0 spiro atoms. The van der Waals surface area contributed by atoms with Gasteiger partial charge in [-0.2, -0.15) is 5.26 Å². The number of amides is 3. The van der Waals surface area contributed by atoms with Crippen molar-refractivity contribution in [2.45, 2.75) is 38.5 Å². The molecular formula is C21H23ClN6O5. The molecule has 2 rings (SSSR count). The van der Waals surface area contributed by atoms with Crippen LogP contribution in [0.1, 0.15) is 44.2 Å². The first-order valence-corrected chi connectivity index (χ1v) is 10.4. The summed E-state index contributed by atoms with van der Waals surface area (Å²) in [7, 11) is 1.40. The summed E-state index contributed by atoms with van der Waals surface area (Å²) in [5.41, 5.74) is 0.705. The molecule has 33 heavy (non-hydrogen) atoms. The van der Waals surface area contributed by atoms with Crippen LogP contribution in [0, 0.1) is 11.3 Å². The largest absolute Gasteiger partial charge is 0.494 e. The lowest BCUT2D eigenvalue weighted by atomic mass is 10.1. The molecule has 0 bridgehead atoms. The highest BCUT2D eigenvalue weighted by atomic mass is 35.5. The standard InChI is InChI=1S/C21H23ClN6O5/c1-33-17-9-15(26-19(29)6-4-2-3-5-7-20(30)31)14(22)8-16(17)27-21(32)28-18-12-24-13(10-23)11-25-18/h8-9,11-12H,2-7H2,1H3,(H,26,29)(H,30,31)(H2,25,27,28,32). The van der Waals surface area contributed by atoms with Gasteiger partial charge in [-0.15, -0.1) is 0 Å². The van der Waals surface area contributed by atoms with Gasteiger partial charge in [-0.1, -0.05) is 24.4 Å². The van der Waals surface area contributed by atoms with Crippen molar-refractivity contribution in [3.8, 4) is 11.8 Å². The molecule has 0 saturated carbocycles. The third-order valence-corrected chi connectivity index (χ3v) is 4.68. The molecule has 1 heterocycles. The van der Waals surface area contributed by atoms with Crippen molar-refractivity contribution < 1.29 is 24.2 Å². The number of carbonyl (C=O) groups excluding carboxylic acids is 2. The second-order valence-electron chi connectivity index (χ2n) is 6.87. The third-order valence-electron chi connectivity index (χ3n) is 4.36. The molecule has 174 valence electrons. The fourth-order valence-corrected chi connectivity index (χ4v) is 2.97. The van der Waals surface area contributed by atoms with E-state index in [-0.39, 0.29) is 46.7 Å². The predicted molar refractivity (Wildman–Crippen MR) is 121 cm³/mol. The molecule has 0 atom stereocenters. The normalized spacial score (nSPS) is 10.1. The summed E-state index contributed by atoms with van der Waals surface area (Å²) in [6, 6.07) is 4.12. The third kappa shape index (κ3) is 8.62. The van der Waals surface area contributed by atoms with Crippen LogP contribution in [0.4, 0.5) is 22.0 Å². The molecule has 1 aromatic carbocycles. The van der Waals surface area contributed by atoms with Crippen LogP contribution in [0.2, 0.25) is 5.02 Å². The van der Waals surface area contributed by atoms with E-state index >= 15 is 0 Å². The number of unbranched alkanes of at least 4 members (excludes halogenated alkanes) is 3. The van der Waals surface area contributed by atoms with Gasteiger partial charge in [-0.05, 0) is 18.9 Å². The average Bonchev–Trinajstić information content (AvgIpc) is 2.78. The summed E-state index contributed by atoms with van der Waals surface area (Å²) in [6.45, 7) is 0. The molecule has 0 unspecified atom stereocenters. The van der Waals surface area contributed by atoms with E-state index in [1.807, 2.05) is 6.07 Å². The Morgan fingerprint density at radius 3 is 2.36 bits per heavy atom. The number of nitriles is 1. The fraction of sp³-hybridized carbons (Fsp3) is 0.333. The van der Waals surface area contributed by atoms with E-state index in [1.54, 1.807) is 0 Å². The number of halogens is 1. The lowest BCUT2D eigenvalue weighted by Gasteiger charge is -2.14. The quantitative estimate of drug-likeness (QED) is 0.354. The Labute approximate surface area is 195 Å². The van der Waals surface area contributed by atoms with Crippen LogP contribution >= 0.6 is 11.6 Å². The van der Waals surface area contributed by atoms with E-state index < -0.39 is 12.0 Å². The molecular weight excluding hydrogens is 452 g/mol. The van der Waals surface area contributed by atoms with Crippen LogP contribution in [0.25, 0.3) is 0 Å². The highest BCUT2D eigenvalue weighted by molar-refractivity contribution is 6.34. The maximum Gasteiger partial charge on any atom is 0.325 e. The lowest BCUT2D eigenvalue weighted by molar-refractivity contribution is -0.137. The Bertz CT molecular complexity index is 1040. The Hall–Kier alpha value is -3.91. The number of rotatable bonds is 11. The summed E-state index contributed by atoms with van der Waals surface area (Å²) in [4.78, 5) is 42.6. The minimum atomic E-state index is -0.824. The molecule has 3 amide bonds. The van der Waals surface area contributed by atoms with Crippen molar-refractivity contribution in [3.63, 3.8) is 0 Å². The summed E-state index contributed by atoms with van der Waals surface area (Å²) in [5, 5.41) is 25.3. The minimum absolute atomic E-state index is 0.116. The summed E-state index contributed by atoms with van der Waals surface area (Å²) in [6.07, 6.45) is 5.55. The highest BCUT2D eigenvalue weighted by Gasteiger charge is 2.14. The van der Waals surface area contributed by atoms with Crippen molar-refractivity contribution in [3.05, 3.63) is 35.2 Å². The van der Waals surface area contributed by atoms with E-state index in [2.05, 4.69) is 25.9 Å². The molecule has 0 saturated heterocycles. The number of nitrogens with zero attached hydrogens (tertiary/aromatic N) is 3. The predicted octanol–water partition coefficient (Wildman–Crippen LogP) is 4.02. The van der Waals surface area contributed by atoms with Crippen LogP contribution < -0.4 is 20.7 Å². The van der Waals surface area contributed by atoms with Crippen LogP contribution in [-0.4, -0.2) is 40.1 Å². The zero-order valence-electron chi connectivity index (χ0n) is 17.9. The van der Waals surface area contributed by atoms with Crippen molar-refractivity contribution in [1.29, 1.82) is 5.26 Å². The van der Waals surface area contributed by atoms with Gasteiger partial charge < -0.3 is 20.5 Å². The maximum atomic E-state index is 12.3. The van der Waals surface area contributed by atoms with Crippen molar-refractivity contribution in [2.24, 2.45) is 0 Å². The Balaban J connectivity index is 1.92. The number of carbonyl (C=O) groups is 3. The first-order chi connectivity index (χ1) is 15.8. The van der Waals surface area contributed by atoms with E-state index in [9.17, 15) is 14.4 Å². The molecule has 1 aromatic heterocycles. The van der Waals surface area contributed by atoms with E-state index in [0.717, 1.165) is 12.8 Å². The SMILES string of the molecule is COc1cc(NC(=O)CCCCCCC(=O)O)c(Cl)cc1NC(=O)Nc1cnc(C#N)cn1. The summed E-state index contributed by atoms with van der Waals surface area (Å²) < 4.78 is 5.28. The van der Waals surface area contributed by atoms with Gasteiger partial charge in [0.25, 0.3) is 0 Å². The van der Waals surface area contributed by atoms with Crippen LogP contribution in [-0.2, 0) is 9.59 Å². The van der Waals surface area contributed by atoms with Gasteiger partial charge in [0.2, 0.25) is 5.91 Å². The maximum absolute atomic E-state index is 12.3. The van der Waals surface area contributed by atoms with Crippen molar-refractivity contribution in [1.82, 2.24) is 9.97 Å². The molecule has 0 aliphatic rings. The van der Waals surface area contributed by atoms with E-state index in [0.29, 0.717) is 18.5 Å². The molecule has 2 aromatic rings. The molecule has 11 nitrogen and oxygen atoms in total. The van der Waals surface area contributed by atoms with Gasteiger partial charge in [-0.3, -0.25) is 14.9 Å². The summed E-state index contributed by atoms with van der Waals surface area (Å²) >= 11 is 6.26. The van der Waals surface area contributed by atoms with Gasteiger partial charge in [-0.25, -0.2) is 14.8 Å². The average molecular weight is 475 g/mol. The smallest absolute Gasteiger partial charge is 0.325 e. The Morgan fingerprint density at radius 2 is 1.76 bits per heavy atom. The Morgan fingerprint density at radius 1 is 1.03 bits per heavy atom. The number of carboxylic acid groups (broad SMARTS) is 1. The van der Waals surface area contributed by atoms with Gasteiger partial charge in [0, 0.05) is 18.9 Å². The number of ether oxygens (including phenoxy) is 1. The van der Waals surface area contributed by atoms with Crippen LogP contribution in [0.15, 0.2) is 24.5 Å². The second-order valence-corrected chi connectivity index (χ2v) is 7.27. The van der Waals surface area contributed by atoms with E-state index in [4.69, 9.17) is 26.7 Å². The topological polar surface area (TPSA) is 166 Å². The van der Waals surface area contributed by atoms with Crippen molar-refractivity contribution in [2.75, 3.05) is 23.1 Å². The first-order valence-electron chi connectivity index (χ1n) is 10.0. The number of aromatic nitrogens is 2. The van der Waals surface area contributed by atoms with Gasteiger partial charge in [0.1, 0.15) is 11.8 Å². The molecule has 12 heteroatoms. The van der Waals surface area contributed by atoms with Crippen LogP contribution in [0.3, 0.4) is 0 Å². The number of urea groups is 1. The molecule has 0 aliphatic carbocycles. The van der Waals surface area contributed by atoms with Gasteiger partial charge in [0.15, 0.2) is 11.5 Å². The minimum Gasteiger partial charge on any atom is -0.494 e. The van der Waals surface area contributed by atoms with Crippen molar-refractivity contribution >= 4 is 46.7 Å². The number of hydrogen-bond donors (Lipinski definition) is 4. The zero-order valence-corrected chi connectivity index (χ0v) is 18.6. The number of anilines is 3. The van der Waals surface area contributed by atoms with Gasteiger partial charge >= 0.3 is 12.0 Å². The molecule has 0 radical (unpaired) electrons. The summed E-state index contributed by atoms with van der Waals surface area (Å²) in [5.74, 6) is -0.655. The molecule has 0 aliphatic heterocycles. The number of carboxylic acids is 1. The van der Waals surface area contributed by atoms with Gasteiger partial charge in [0.05, 0.1) is 35.9 Å². The Kier molecular flexibility index (Phi) is 9.85. The number of hydrogen-bond acceptors (Lipinski definition) is 7. The number of nitrogens with one attached hydrogen (secondary N) is 3. The fourth-order valence-electron chi connectivity index (χ4n) is 2.76. The number of benzene rings is 1.